The van der Waals surface area contributed by atoms with Crippen molar-refractivity contribution in [1.82, 2.24) is 9.47 Å². The van der Waals surface area contributed by atoms with Gasteiger partial charge in [-0.1, -0.05) is 30.3 Å². The van der Waals surface area contributed by atoms with Crippen molar-refractivity contribution < 1.29 is 14.3 Å². The second kappa shape index (κ2) is 7.80. The van der Waals surface area contributed by atoms with Crippen molar-refractivity contribution in [2.24, 2.45) is 0 Å². The Morgan fingerprint density at radius 3 is 2.61 bits per heavy atom. The van der Waals surface area contributed by atoms with Crippen LogP contribution in [-0.2, 0) is 6.54 Å². The minimum absolute atomic E-state index is 0.00934. The lowest BCUT2D eigenvalue weighted by atomic mass is 9.99. The zero-order valence-corrected chi connectivity index (χ0v) is 16.2. The second-order valence-corrected chi connectivity index (χ2v) is 6.74. The molecule has 4 rings (SSSR count). The minimum Gasteiger partial charge on any atom is -0.493 e. The summed E-state index contributed by atoms with van der Waals surface area (Å²) in [6.45, 7) is 3.86. The summed E-state index contributed by atoms with van der Waals surface area (Å²) in [7, 11) is 1.60. The average molecular weight is 376 g/mol. The van der Waals surface area contributed by atoms with Gasteiger partial charge in [0.1, 0.15) is 0 Å². The number of benzene rings is 2. The highest BCUT2D eigenvalue weighted by Crippen LogP contribution is 2.35. The lowest BCUT2D eigenvalue weighted by molar-refractivity contribution is 0.0663. The molecule has 2 heterocycles. The van der Waals surface area contributed by atoms with Crippen molar-refractivity contribution in [3.8, 4) is 11.5 Å². The van der Waals surface area contributed by atoms with E-state index in [0.717, 1.165) is 17.8 Å². The molecule has 0 saturated heterocycles. The Kier molecular flexibility index (Phi) is 5.06. The van der Waals surface area contributed by atoms with Crippen molar-refractivity contribution >= 4 is 5.91 Å². The molecular weight excluding hydrogens is 352 g/mol. The fourth-order valence-corrected chi connectivity index (χ4v) is 3.83. The summed E-state index contributed by atoms with van der Waals surface area (Å²) in [6, 6.07) is 19.6. The van der Waals surface area contributed by atoms with Crippen molar-refractivity contribution in [1.29, 1.82) is 0 Å². The number of aromatic nitrogens is 1. The normalized spacial score (nSPS) is 15.8. The molecule has 1 atom stereocenters. The van der Waals surface area contributed by atoms with Gasteiger partial charge in [-0.25, -0.2) is 0 Å². The highest BCUT2D eigenvalue weighted by Gasteiger charge is 2.32. The van der Waals surface area contributed by atoms with E-state index in [0.29, 0.717) is 30.2 Å². The van der Waals surface area contributed by atoms with E-state index >= 15 is 0 Å². The van der Waals surface area contributed by atoms with Gasteiger partial charge in [-0.05, 0) is 42.8 Å². The highest BCUT2D eigenvalue weighted by atomic mass is 16.5. The maximum Gasteiger partial charge on any atom is 0.254 e. The largest absolute Gasteiger partial charge is 0.493 e. The quantitative estimate of drug-likeness (QED) is 0.672. The van der Waals surface area contributed by atoms with Crippen LogP contribution in [0.1, 0.15) is 34.6 Å². The zero-order chi connectivity index (χ0) is 19.5. The smallest absolute Gasteiger partial charge is 0.254 e. The standard InChI is InChI=1S/C23H24N2O3/c1-3-28-21-16-18(11-12-20(21)27-2)23(26)25-15-14-24-13-7-10-19(24)22(25)17-8-5-4-6-9-17/h4-13,16,22H,3,14-15H2,1-2H3. The molecule has 0 aliphatic carbocycles. The second-order valence-electron chi connectivity index (χ2n) is 6.74. The summed E-state index contributed by atoms with van der Waals surface area (Å²) in [5.74, 6) is 1.21. The molecular formula is C23H24N2O3. The number of carbonyl (C=O) groups is 1. The van der Waals surface area contributed by atoms with Gasteiger partial charge in [0.25, 0.3) is 5.91 Å². The molecule has 2 aromatic carbocycles. The molecule has 1 amide bonds. The molecule has 0 N–H and O–H groups in total. The Hall–Kier alpha value is -3.21. The van der Waals surface area contributed by atoms with Gasteiger partial charge < -0.3 is 18.9 Å². The lowest BCUT2D eigenvalue weighted by Crippen LogP contribution is -2.42. The molecule has 1 aliphatic rings. The molecule has 5 nitrogen and oxygen atoms in total. The maximum atomic E-state index is 13.5. The first-order valence-electron chi connectivity index (χ1n) is 9.54. The number of methoxy groups -OCH3 is 1. The van der Waals surface area contributed by atoms with E-state index in [2.05, 4.69) is 29.0 Å². The SMILES string of the molecule is CCOc1cc(C(=O)N2CCn3cccc3C2c2ccccc2)ccc1OC. The molecule has 5 heteroatoms. The van der Waals surface area contributed by atoms with Crippen LogP contribution in [0, 0.1) is 0 Å². The molecule has 0 saturated carbocycles. The fourth-order valence-electron chi connectivity index (χ4n) is 3.83. The molecule has 1 unspecified atom stereocenters. The maximum absolute atomic E-state index is 13.5. The highest BCUT2D eigenvalue weighted by molar-refractivity contribution is 5.95. The van der Waals surface area contributed by atoms with Gasteiger partial charge in [-0.2, -0.15) is 0 Å². The van der Waals surface area contributed by atoms with E-state index in [4.69, 9.17) is 9.47 Å². The number of hydrogen-bond donors (Lipinski definition) is 0. The first-order valence-corrected chi connectivity index (χ1v) is 9.54. The van der Waals surface area contributed by atoms with Crippen molar-refractivity contribution in [3.63, 3.8) is 0 Å². The van der Waals surface area contributed by atoms with Gasteiger partial charge in [0.15, 0.2) is 11.5 Å². The van der Waals surface area contributed by atoms with Crippen LogP contribution in [0.25, 0.3) is 0 Å². The van der Waals surface area contributed by atoms with Crippen LogP contribution < -0.4 is 9.47 Å². The van der Waals surface area contributed by atoms with Crippen LogP contribution in [0.4, 0.5) is 0 Å². The number of rotatable bonds is 5. The first-order chi connectivity index (χ1) is 13.7. The van der Waals surface area contributed by atoms with E-state index in [-0.39, 0.29) is 11.9 Å². The summed E-state index contributed by atoms with van der Waals surface area (Å²) in [6.07, 6.45) is 2.08. The molecule has 0 radical (unpaired) electrons. The fraction of sp³-hybridized carbons (Fsp3) is 0.261. The first kappa shape index (κ1) is 18.2. The molecule has 3 aromatic rings. The van der Waals surface area contributed by atoms with Crippen LogP contribution in [0.2, 0.25) is 0 Å². The van der Waals surface area contributed by atoms with Gasteiger partial charge >= 0.3 is 0 Å². The predicted octanol–water partition coefficient (Wildman–Crippen LogP) is 4.14. The third kappa shape index (κ3) is 3.24. The van der Waals surface area contributed by atoms with E-state index in [1.54, 1.807) is 25.3 Å². The van der Waals surface area contributed by atoms with Crippen LogP contribution in [0.15, 0.2) is 66.9 Å². The topological polar surface area (TPSA) is 43.7 Å². The van der Waals surface area contributed by atoms with E-state index in [1.807, 2.05) is 36.1 Å². The number of hydrogen-bond acceptors (Lipinski definition) is 3. The lowest BCUT2D eigenvalue weighted by Gasteiger charge is -2.37. The minimum atomic E-state index is -0.116. The van der Waals surface area contributed by atoms with E-state index in [1.165, 1.54) is 0 Å². The van der Waals surface area contributed by atoms with Crippen LogP contribution >= 0.6 is 0 Å². The third-order valence-corrected chi connectivity index (χ3v) is 5.12. The number of ether oxygens (including phenoxy) is 2. The summed E-state index contributed by atoms with van der Waals surface area (Å²) in [5, 5.41) is 0. The molecule has 28 heavy (non-hydrogen) atoms. The van der Waals surface area contributed by atoms with Crippen LogP contribution in [-0.4, -0.2) is 35.6 Å². The number of amides is 1. The van der Waals surface area contributed by atoms with Crippen molar-refractivity contribution in [2.45, 2.75) is 19.5 Å². The Labute approximate surface area is 165 Å². The Morgan fingerprint density at radius 1 is 1.04 bits per heavy atom. The average Bonchev–Trinajstić information content (AvgIpc) is 3.22. The van der Waals surface area contributed by atoms with Crippen molar-refractivity contribution in [3.05, 3.63) is 83.7 Å². The summed E-state index contributed by atoms with van der Waals surface area (Å²) < 4.78 is 13.2. The Morgan fingerprint density at radius 2 is 1.86 bits per heavy atom. The molecule has 1 aromatic heterocycles. The van der Waals surface area contributed by atoms with E-state index in [9.17, 15) is 4.79 Å². The summed E-state index contributed by atoms with van der Waals surface area (Å²) in [5.41, 5.74) is 2.84. The Bertz CT molecular complexity index is 965. The van der Waals surface area contributed by atoms with Gasteiger partial charge in [0.2, 0.25) is 0 Å². The van der Waals surface area contributed by atoms with Crippen LogP contribution in [0.3, 0.4) is 0 Å². The molecule has 1 aliphatic heterocycles. The number of nitrogens with zero attached hydrogens (tertiary/aromatic N) is 2. The van der Waals surface area contributed by atoms with E-state index < -0.39 is 0 Å². The summed E-state index contributed by atoms with van der Waals surface area (Å²) in [4.78, 5) is 15.4. The molecule has 0 spiro atoms. The molecule has 0 fully saturated rings. The third-order valence-electron chi connectivity index (χ3n) is 5.12. The molecule has 0 bridgehead atoms. The van der Waals surface area contributed by atoms with Gasteiger partial charge in [-0.15, -0.1) is 0 Å². The zero-order valence-electron chi connectivity index (χ0n) is 16.2. The van der Waals surface area contributed by atoms with Crippen molar-refractivity contribution in [2.75, 3.05) is 20.3 Å². The molecule has 144 valence electrons. The monoisotopic (exact) mass is 376 g/mol. The van der Waals surface area contributed by atoms with Crippen LogP contribution in [0.5, 0.6) is 11.5 Å². The Balaban J connectivity index is 1.73. The van der Waals surface area contributed by atoms with Gasteiger partial charge in [0, 0.05) is 30.5 Å². The number of carbonyl (C=O) groups excluding carboxylic acids is 1. The predicted molar refractivity (Wildman–Crippen MR) is 108 cm³/mol. The van der Waals surface area contributed by atoms with Gasteiger partial charge in [-0.3, -0.25) is 4.79 Å². The summed E-state index contributed by atoms with van der Waals surface area (Å²) >= 11 is 0. The van der Waals surface area contributed by atoms with Gasteiger partial charge in [0.05, 0.1) is 19.8 Å². The number of fused-ring (bicyclic) bond motifs is 1.